The molecule has 132 valence electrons. The smallest absolute Gasteiger partial charge is 0.159 e. The lowest BCUT2D eigenvalue weighted by Crippen LogP contribution is -2.26. The summed E-state index contributed by atoms with van der Waals surface area (Å²) in [5, 5.41) is 3.43. The molecule has 1 atom stereocenters. The number of rotatable bonds is 4. The number of halogens is 2. The summed E-state index contributed by atoms with van der Waals surface area (Å²) in [5.41, 5.74) is 3.89. The monoisotopic (exact) mass is 351 g/mol. The molecule has 1 aliphatic carbocycles. The van der Waals surface area contributed by atoms with Gasteiger partial charge in [0, 0.05) is 35.6 Å². The molecular formula is C21H19F2N3. The molecule has 26 heavy (non-hydrogen) atoms. The molecule has 1 N–H and O–H groups in total. The van der Waals surface area contributed by atoms with E-state index in [9.17, 15) is 8.78 Å². The first kappa shape index (κ1) is 16.8. The van der Waals surface area contributed by atoms with Crippen molar-refractivity contribution in [2.45, 2.75) is 31.8 Å². The number of benzene rings is 2. The van der Waals surface area contributed by atoms with Crippen molar-refractivity contribution in [1.82, 2.24) is 15.3 Å². The first-order valence-electron chi connectivity index (χ1n) is 8.79. The van der Waals surface area contributed by atoms with Crippen LogP contribution < -0.4 is 5.32 Å². The Labute approximate surface area is 151 Å². The van der Waals surface area contributed by atoms with E-state index < -0.39 is 11.6 Å². The lowest BCUT2D eigenvalue weighted by Gasteiger charge is -2.26. The van der Waals surface area contributed by atoms with Crippen LogP contribution in [0.2, 0.25) is 0 Å². The number of nitrogens with one attached hydrogen (secondary N) is 1. The zero-order valence-electron chi connectivity index (χ0n) is 14.3. The van der Waals surface area contributed by atoms with Crippen molar-refractivity contribution >= 4 is 0 Å². The lowest BCUT2D eigenvalue weighted by atomic mass is 9.92. The van der Waals surface area contributed by atoms with E-state index in [1.165, 1.54) is 6.07 Å². The van der Waals surface area contributed by atoms with Crippen LogP contribution in [0.3, 0.4) is 0 Å². The van der Waals surface area contributed by atoms with Gasteiger partial charge in [-0.25, -0.2) is 18.7 Å². The third-order valence-electron chi connectivity index (χ3n) is 4.75. The first-order chi connectivity index (χ1) is 12.7. The largest absolute Gasteiger partial charge is 0.306 e. The molecule has 1 aliphatic rings. The van der Waals surface area contributed by atoms with Crippen LogP contribution in [-0.4, -0.2) is 9.97 Å². The highest BCUT2D eigenvalue weighted by molar-refractivity contribution is 5.55. The molecule has 1 aromatic heterocycles. The van der Waals surface area contributed by atoms with Crippen LogP contribution in [0.5, 0.6) is 0 Å². The fraction of sp³-hybridized carbons (Fsp3) is 0.238. The minimum atomic E-state index is -0.821. The quantitative estimate of drug-likeness (QED) is 0.747. The predicted molar refractivity (Wildman–Crippen MR) is 96.3 cm³/mol. The Morgan fingerprint density at radius 1 is 1.04 bits per heavy atom. The highest BCUT2D eigenvalue weighted by Gasteiger charge is 2.22. The van der Waals surface area contributed by atoms with Crippen LogP contribution in [0.15, 0.2) is 54.7 Å². The van der Waals surface area contributed by atoms with Gasteiger partial charge in [-0.15, -0.1) is 0 Å². The van der Waals surface area contributed by atoms with Crippen LogP contribution in [0.4, 0.5) is 8.78 Å². The minimum Gasteiger partial charge on any atom is -0.306 e. The molecule has 4 rings (SSSR count). The average Bonchev–Trinajstić information content (AvgIpc) is 2.69. The molecule has 1 unspecified atom stereocenters. The van der Waals surface area contributed by atoms with Crippen LogP contribution >= 0.6 is 0 Å². The fourth-order valence-corrected chi connectivity index (χ4v) is 3.38. The van der Waals surface area contributed by atoms with E-state index in [1.807, 2.05) is 36.5 Å². The summed E-state index contributed by atoms with van der Waals surface area (Å²) >= 11 is 0. The molecule has 0 bridgehead atoms. The van der Waals surface area contributed by atoms with Gasteiger partial charge in [0.05, 0.1) is 0 Å². The molecule has 0 saturated heterocycles. The molecule has 5 heteroatoms. The van der Waals surface area contributed by atoms with Gasteiger partial charge >= 0.3 is 0 Å². The maximum absolute atomic E-state index is 13.4. The number of hydrogen-bond acceptors (Lipinski definition) is 3. The Kier molecular flexibility index (Phi) is 4.71. The first-order valence-corrected chi connectivity index (χ1v) is 8.79. The number of aromatic nitrogens is 2. The molecule has 0 saturated carbocycles. The molecule has 0 aliphatic heterocycles. The van der Waals surface area contributed by atoms with Gasteiger partial charge in [-0.05, 0) is 37.0 Å². The fourth-order valence-electron chi connectivity index (χ4n) is 3.38. The number of nitrogens with zero attached hydrogens (tertiary/aromatic N) is 2. The van der Waals surface area contributed by atoms with E-state index >= 15 is 0 Å². The standard InChI is InChI=1S/C21H19F2N3/c22-17-10-9-14(11-18(17)23)12-24-19-7-4-8-20-16(19)13-25-21(26-20)15-5-2-1-3-6-15/h1-3,5-6,9-11,13,19,24H,4,7-8,12H2. The highest BCUT2D eigenvalue weighted by Crippen LogP contribution is 2.29. The number of hydrogen-bond donors (Lipinski definition) is 1. The van der Waals surface area contributed by atoms with Crippen LogP contribution in [0.1, 0.15) is 35.7 Å². The third kappa shape index (κ3) is 3.48. The topological polar surface area (TPSA) is 37.8 Å². The summed E-state index contributed by atoms with van der Waals surface area (Å²) in [6.07, 6.45) is 4.84. The van der Waals surface area contributed by atoms with Crippen molar-refractivity contribution in [3.63, 3.8) is 0 Å². The van der Waals surface area contributed by atoms with Crippen molar-refractivity contribution in [2.24, 2.45) is 0 Å². The van der Waals surface area contributed by atoms with Crippen molar-refractivity contribution in [3.05, 3.63) is 83.2 Å². The Balaban J connectivity index is 1.52. The molecule has 0 radical (unpaired) electrons. The molecular weight excluding hydrogens is 332 g/mol. The van der Waals surface area contributed by atoms with E-state index in [-0.39, 0.29) is 6.04 Å². The molecule has 0 amide bonds. The second-order valence-electron chi connectivity index (χ2n) is 6.54. The van der Waals surface area contributed by atoms with Gasteiger partial charge < -0.3 is 5.32 Å². The van der Waals surface area contributed by atoms with E-state index in [4.69, 9.17) is 4.98 Å². The normalized spacial score (nSPS) is 16.3. The maximum Gasteiger partial charge on any atom is 0.159 e. The second-order valence-corrected chi connectivity index (χ2v) is 6.54. The Hall–Kier alpha value is -2.66. The Bertz CT molecular complexity index is 912. The molecule has 0 fully saturated rings. The summed E-state index contributed by atoms with van der Waals surface area (Å²) < 4.78 is 26.4. The summed E-state index contributed by atoms with van der Waals surface area (Å²) in [7, 11) is 0. The molecule has 0 spiro atoms. The summed E-state index contributed by atoms with van der Waals surface area (Å²) in [6.45, 7) is 0.474. The summed E-state index contributed by atoms with van der Waals surface area (Å²) in [5.74, 6) is -0.895. The van der Waals surface area contributed by atoms with Gasteiger partial charge in [0.1, 0.15) is 0 Å². The van der Waals surface area contributed by atoms with Gasteiger partial charge in [-0.1, -0.05) is 36.4 Å². The van der Waals surface area contributed by atoms with Crippen molar-refractivity contribution in [2.75, 3.05) is 0 Å². The van der Waals surface area contributed by atoms with Gasteiger partial charge in [0.15, 0.2) is 17.5 Å². The maximum atomic E-state index is 13.4. The SMILES string of the molecule is Fc1ccc(CNC2CCCc3nc(-c4ccccc4)ncc32)cc1F. The molecule has 1 heterocycles. The van der Waals surface area contributed by atoms with E-state index in [2.05, 4.69) is 10.3 Å². The molecule has 3 aromatic rings. The van der Waals surface area contributed by atoms with E-state index in [1.54, 1.807) is 6.07 Å². The highest BCUT2D eigenvalue weighted by atomic mass is 19.2. The van der Waals surface area contributed by atoms with Gasteiger partial charge in [0.25, 0.3) is 0 Å². The Morgan fingerprint density at radius 3 is 2.69 bits per heavy atom. The zero-order valence-corrected chi connectivity index (χ0v) is 14.3. The van der Waals surface area contributed by atoms with Gasteiger partial charge in [-0.2, -0.15) is 0 Å². The zero-order chi connectivity index (χ0) is 17.9. The number of aryl methyl sites for hydroxylation is 1. The molecule has 2 aromatic carbocycles. The van der Waals surface area contributed by atoms with Crippen molar-refractivity contribution in [1.29, 1.82) is 0 Å². The van der Waals surface area contributed by atoms with Crippen molar-refractivity contribution < 1.29 is 8.78 Å². The van der Waals surface area contributed by atoms with Crippen molar-refractivity contribution in [3.8, 4) is 11.4 Å². The van der Waals surface area contributed by atoms with Crippen LogP contribution in [0.25, 0.3) is 11.4 Å². The van der Waals surface area contributed by atoms with E-state index in [0.29, 0.717) is 6.54 Å². The third-order valence-corrected chi connectivity index (χ3v) is 4.75. The minimum absolute atomic E-state index is 0.122. The lowest BCUT2D eigenvalue weighted by molar-refractivity contribution is 0.450. The number of fused-ring (bicyclic) bond motifs is 1. The predicted octanol–water partition coefficient (Wildman–Crippen LogP) is 4.59. The van der Waals surface area contributed by atoms with Gasteiger partial charge in [-0.3, -0.25) is 0 Å². The van der Waals surface area contributed by atoms with Gasteiger partial charge in [0.2, 0.25) is 0 Å². The summed E-state index contributed by atoms with van der Waals surface area (Å²) in [4.78, 5) is 9.29. The summed E-state index contributed by atoms with van der Waals surface area (Å²) in [6, 6.07) is 14.1. The molecule has 3 nitrogen and oxygen atoms in total. The Morgan fingerprint density at radius 2 is 1.88 bits per heavy atom. The van der Waals surface area contributed by atoms with Crippen LogP contribution in [-0.2, 0) is 13.0 Å². The van der Waals surface area contributed by atoms with Crippen LogP contribution in [0, 0.1) is 11.6 Å². The van der Waals surface area contributed by atoms with E-state index in [0.717, 1.165) is 53.5 Å². The second kappa shape index (κ2) is 7.30. The average molecular weight is 351 g/mol.